The van der Waals surface area contributed by atoms with E-state index >= 15 is 0 Å². The molecule has 0 bridgehead atoms. The van der Waals surface area contributed by atoms with Crippen LogP contribution in [0.1, 0.15) is 40.0 Å². The Bertz CT molecular complexity index is 843. The first-order chi connectivity index (χ1) is 12.9. The lowest BCUT2D eigenvalue weighted by atomic mass is 10.1. The Balaban J connectivity index is 1.73. The van der Waals surface area contributed by atoms with Crippen LogP contribution in [0.2, 0.25) is 0 Å². The maximum Gasteiger partial charge on any atom is 0.271 e. The van der Waals surface area contributed by atoms with Crippen molar-refractivity contribution in [2.75, 3.05) is 32.6 Å². The highest BCUT2D eigenvalue weighted by molar-refractivity contribution is 5.95. The van der Waals surface area contributed by atoms with Gasteiger partial charge in [-0.15, -0.1) is 0 Å². The number of hydrogen-bond donors (Lipinski definition) is 1. The van der Waals surface area contributed by atoms with Crippen molar-refractivity contribution in [2.24, 2.45) is 0 Å². The number of fused-ring (bicyclic) bond motifs is 1. The van der Waals surface area contributed by atoms with E-state index in [1.165, 1.54) is 0 Å². The molecule has 0 radical (unpaired) electrons. The topological polar surface area (TPSA) is 70.5 Å². The number of amides is 2. The quantitative estimate of drug-likeness (QED) is 0.872. The van der Waals surface area contributed by atoms with Gasteiger partial charge in [0.1, 0.15) is 11.5 Å². The Morgan fingerprint density at radius 3 is 2.78 bits per heavy atom. The lowest BCUT2D eigenvalue weighted by Gasteiger charge is -2.27. The summed E-state index contributed by atoms with van der Waals surface area (Å²) in [4.78, 5) is 33.2. The highest BCUT2D eigenvalue weighted by atomic mass is 16.2. The molecule has 1 aromatic heterocycles. The molecule has 0 unspecified atom stereocenters. The van der Waals surface area contributed by atoms with Crippen molar-refractivity contribution < 1.29 is 9.59 Å². The predicted molar refractivity (Wildman–Crippen MR) is 105 cm³/mol. The molecule has 1 atom stereocenters. The number of aromatic nitrogens is 2. The fourth-order valence-corrected chi connectivity index (χ4v) is 3.25. The Morgan fingerprint density at radius 2 is 2.07 bits per heavy atom. The van der Waals surface area contributed by atoms with Crippen molar-refractivity contribution in [3.63, 3.8) is 0 Å². The van der Waals surface area contributed by atoms with Crippen LogP contribution >= 0.6 is 0 Å². The maximum atomic E-state index is 12.7. The molecule has 7 heteroatoms. The molecule has 0 aliphatic carbocycles. The van der Waals surface area contributed by atoms with Crippen LogP contribution in [0.25, 0.3) is 0 Å². The summed E-state index contributed by atoms with van der Waals surface area (Å²) in [5, 5.41) is 3.11. The SMILES string of the molecule is CCN(C)C(=O)c1cnc2n1C[C@@H](NC(=O)c1cccc(N(C)C)c1)CC2. The summed E-state index contributed by atoms with van der Waals surface area (Å²) < 4.78 is 1.94. The van der Waals surface area contributed by atoms with Gasteiger partial charge in [-0.25, -0.2) is 4.98 Å². The van der Waals surface area contributed by atoms with Gasteiger partial charge in [-0.3, -0.25) is 9.59 Å². The van der Waals surface area contributed by atoms with E-state index in [1.807, 2.05) is 54.8 Å². The molecular formula is C20H27N5O2. The molecule has 0 fully saturated rings. The third-order valence-electron chi connectivity index (χ3n) is 5.06. The molecule has 7 nitrogen and oxygen atoms in total. The summed E-state index contributed by atoms with van der Waals surface area (Å²) in [5.74, 6) is 0.774. The predicted octanol–water partition coefficient (Wildman–Crippen LogP) is 1.79. The summed E-state index contributed by atoms with van der Waals surface area (Å²) in [6.45, 7) is 3.14. The smallest absolute Gasteiger partial charge is 0.271 e. The van der Waals surface area contributed by atoms with Gasteiger partial charge in [-0.05, 0) is 31.5 Å². The van der Waals surface area contributed by atoms with Crippen LogP contribution in [0.3, 0.4) is 0 Å². The van der Waals surface area contributed by atoms with Gasteiger partial charge in [0.25, 0.3) is 11.8 Å². The lowest BCUT2D eigenvalue weighted by Crippen LogP contribution is -2.42. The fraction of sp³-hybridized carbons (Fsp3) is 0.450. The Morgan fingerprint density at radius 1 is 1.30 bits per heavy atom. The molecular weight excluding hydrogens is 342 g/mol. The second-order valence-electron chi connectivity index (χ2n) is 7.14. The van der Waals surface area contributed by atoms with Crippen LogP contribution in [0.4, 0.5) is 5.69 Å². The van der Waals surface area contributed by atoms with Crippen molar-refractivity contribution >= 4 is 17.5 Å². The molecule has 2 aromatic rings. The third kappa shape index (κ3) is 3.97. The largest absolute Gasteiger partial charge is 0.378 e. The summed E-state index contributed by atoms with van der Waals surface area (Å²) in [7, 11) is 5.68. The zero-order valence-electron chi connectivity index (χ0n) is 16.4. The molecule has 2 heterocycles. The first-order valence-corrected chi connectivity index (χ1v) is 9.28. The number of aryl methyl sites for hydroxylation is 1. The van der Waals surface area contributed by atoms with Crippen molar-refractivity contribution in [1.82, 2.24) is 19.8 Å². The lowest BCUT2D eigenvalue weighted by molar-refractivity contribution is 0.0789. The number of rotatable bonds is 5. The van der Waals surface area contributed by atoms with Crippen LogP contribution in [0.5, 0.6) is 0 Å². The average molecular weight is 369 g/mol. The number of nitrogens with one attached hydrogen (secondary N) is 1. The van der Waals surface area contributed by atoms with Gasteiger partial charge in [-0.1, -0.05) is 6.07 Å². The number of hydrogen-bond acceptors (Lipinski definition) is 4. The first kappa shape index (κ1) is 18.9. The van der Waals surface area contributed by atoms with Gasteiger partial charge >= 0.3 is 0 Å². The highest BCUT2D eigenvalue weighted by Gasteiger charge is 2.26. The highest BCUT2D eigenvalue weighted by Crippen LogP contribution is 2.19. The van der Waals surface area contributed by atoms with E-state index in [9.17, 15) is 9.59 Å². The molecule has 1 aliphatic heterocycles. The van der Waals surface area contributed by atoms with Gasteiger partial charge in [0, 0.05) is 57.9 Å². The first-order valence-electron chi connectivity index (χ1n) is 9.28. The second-order valence-corrected chi connectivity index (χ2v) is 7.14. The molecule has 0 saturated heterocycles. The van der Waals surface area contributed by atoms with Crippen LogP contribution in [0, 0.1) is 0 Å². The van der Waals surface area contributed by atoms with E-state index in [0.717, 1.165) is 24.4 Å². The Hall–Kier alpha value is -2.83. The Labute approximate surface area is 160 Å². The minimum Gasteiger partial charge on any atom is -0.378 e. The molecule has 3 rings (SSSR count). The summed E-state index contributed by atoms with van der Waals surface area (Å²) in [6, 6.07) is 7.53. The van der Waals surface area contributed by atoms with Gasteiger partial charge < -0.3 is 19.7 Å². The van der Waals surface area contributed by atoms with Crippen molar-refractivity contribution in [2.45, 2.75) is 32.4 Å². The van der Waals surface area contributed by atoms with Gasteiger partial charge in [0.15, 0.2) is 0 Å². The zero-order chi connectivity index (χ0) is 19.6. The van der Waals surface area contributed by atoms with Crippen LogP contribution in [0.15, 0.2) is 30.5 Å². The van der Waals surface area contributed by atoms with E-state index < -0.39 is 0 Å². The standard InChI is InChI=1S/C20H27N5O2/c1-5-24(4)20(27)17-12-21-18-10-9-15(13-25(17)18)22-19(26)14-7-6-8-16(11-14)23(2)3/h6-8,11-12,15H,5,9-10,13H2,1-4H3,(H,22,26)/t15-/m0/s1. The molecule has 27 heavy (non-hydrogen) atoms. The third-order valence-corrected chi connectivity index (χ3v) is 5.06. The minimum absolute atomic E-state index is 0.0271. The van der Waals surface area contributed by atoms with E-state index in [4.69, 9.17) is 0 Å². The number of carbonyl (C=O) groups excluding carboxylic acids is 2. The van der Waals surface area contributed by atoms with Gasteiger partial charge in [0.2, 0.25) is 0 Å². The molecule has 2 amide bonds. The van der Waals surface area contributed by atoms with Gasteiger partial charge in [-0.2, -0.15) is 0 Å². The van der Waals surface area contributed by atoms with Gasteiger partial charge in [0.05, 0.1) is 6.20 Å². The molecule has 1 aliphatic rings. The number of carbonyl (C=O) groups is 2. The summed E-state index contributed by atoms with van der Waals surface area (Å²) in [6.07, 6.45) is 3.20. The van der Waals surface area contributed by atoms with E-state index in [2.05, 4.69) is 10.3 Å². The monoisotopic (exact) mass is 369 g/mol. The molecule has 1 aromatic carbocycles. The molecule has 1 N–H and O–H groups in total. The number of anilines is 1. The average Bonchev–Trinajstić information content (AvgIpc) is 3.10. The van der Waals surface area contributed by atoms with E-state index in [0.29, 0.717) is 24.3 Å². The minimum atomic E-state index is -0.0918. The van der Waals surface area contributed by atoms with Crippen LogP contribution in [-0.4, -0.2) is 60.0 Å². The number of benzene rings is 1. The number of nitrogens with zero attached hydrogens (tertiary/aromatic N) is 4. The second kappa shape index (κ2) is 7.82. The van der Waals surface area contributed by atoms with E-state index in [1.54, 1.807) is 18.1 Å². The van der Waals surface area contributed by atoms with Crippen molar-refractivity contribution in [3.8, 4) is 0 Å². The number of imidazole rings is 1. The van der Waals surface area contributed by atoms with Crippen molar-refractivity contribution in [3.05, 3.63) is 47.5 Å². The molecule has 144 valence electrons. The summed E-state index contributed by atoms with van der Waals surface area (Å²) in [5.41, 5.74) is 2.21. The van der Waals surface area contributed by atoms with Crippen LogP contribution < -0.4 is 10.2 Å². The molecule has 0 spiro atoms. The zero-order valence-corrected chi connectivity index (χ0v) is 16.4. The van der Waals surface area contributed by atoms with Crippen molar-refractivity contribution in [1.29, 1.82) is 0 Å². The van der Waals surface area contributed by atoms with Crippen LogP contribution in [-0.2, 0) is 13.0 Å². The fourth-order valence-electron chi connectivity index (χ4n) is 3.25. The maximum absolute atomic E-state index is 12.7. The molecule has 0 saturated carbocycles. The Kier molecular flexibility index (Phi) is 5.48. The summed E-state index contributed by atoms with van der Waals surface area (Å²) >= 11 is 0. The van der Waals surface area contributed by atoms with E-state index in [-0.39, 0.29) is 17.9 Å². The normalized spacial score (nSPS) is 15.8.